The monoisotopic (exact) mass is 359 g/mol. The molecule has 1 heterocycles. The van der Waals surface area contributed by atoms with Gasteiger partial charge in [0.1, 0.15) is 42.4 Å². The Balaban J connectivity index is 1.39. The Hall–Kier alpha value is -3.61. The van der Waals surface area contributed by atoms with E-state index in [1.165, 1.54) is 0 Å². The van der Waals surface area contributed by atoms with E-state index in [9.17, 15) is 0 Å². The van der Waals surface area contributed by atoms with Crippen molar-refractivity contribution < 1.29 is 14.2 Å². The number of fused-ring (bicyclic) bond motifs is 1. The summed E-state index contributed by atoms with van der Waals surface area (Å²) in [6.07, 6.45) is 1.74. The summed E-state index contributed by atoms with van der Waals surface area (Å²) in [5.41, 5.74) is 1.46. The predicted molar refractivity (Wildman–Crippen MR) is 99.4 cm³/mol. The first-order valence-electron chi connectivity index (χ1n) is 8.43. The van der Waals surface area contributed by atoms with Crippen LogP contribution in [0.4, 0.5) is 0 Å². The van der Waals surface area contributed by atoms with E-state index in [4.69, 9.17) is 24.7 Å². The fraction of sp³-hybridized carbons (Fsp3) is 0.190. The van der Waals surface area contributed by atoms with Crippen molar-refractivity contribution in [1.29, 1.82) is 10.5 Å². The largest absolute Gasteiger partial charge is 0.491 e. The maximum atomic E-state index is 9.00. The Morgan fingerprint density at radius 1 is 0.815 bits per heavy atom. The molecular formula is C21H17N3O3. The van der Waals surface area contributed by atoms with Gasteiger partial charge in [0.15, 0.2) is 0 Å². The second-order valence-corrected chi connectivity index (χ2v) is 5.57. The van der Waals surface area contributed by atoms with E-state index >= 15 is 0 Å². The number of aromatic nitrogens is 1. The molecule has 6 heteroatoms. The van der Waals surface area contributed by atoms with Crippen LogP contribution in [0.5, 0.6) is 11.5 Å². The molecule has 1 aromatic heterocycles. The van der Waals surface area contributed by atoms with Crippen LogP contribution >= 0.6 is 0 Å². The van der Waals surface area contributed by atoms with Gasteiger partial charge in [-0.15, -0.1) is 0 Å². The van der Waals surface area contributed by atoms with Crippen LogP contribution in [-0.4, -0.2) is 31.4 Å². The van der Waals surface area contributed by atoms with Crippen LogP contribution in [-0.2, 0) is 4.74 Å². The second-order valence-electron chi connectivity index (χ2n) is 5.57. The summed E-state index contributed by atoms with van der Waals surface area (Å²) in [6, 6.07) is 18.4. The summed E-state index contributed by atoms with van der Waals surface area (Å²) in [5, 5.41) is 18.9. The number of pyridine rings is 1. The molecule has 3 rings (SSSR count). The van der Waals surface area contributed by atoms with Gasteiger partial charge in [0.25, 0.3) is 0 Å². The first kappa shape index (κ1) is 18.2. The average Bonchev–Trinajstić information content (AvgIpc) is 2.73. The zero-order valence-electron chi connectivity index (χ0n) is 14.6. The van der Waals surface area contributed by atoms with E-state index in [1.54, 1.807) is 24.4 Å². The van der Waals surface area contributed by atoms with Crippen molar-refractivity contribution >= 4 is 10.9 Å². The van der Waals surface area contributed by atoms with E-state index in [2.05, 4.69) is 4.98 Å². The third kappa shape index (κ3) is 4.72. The van der Waals surface area contributed by atoms with E-state index in [-0.39, 0.29) is 0 Å². The van der Waals surface area contributed by atoms with Gasteiger partial charge in [-0.3, -0.25) is 4.98 Å². The number of ether oxygens (including phenoxy) is 3. The van der Waals surface area contributed by atoms with Gasteiger partial charge in [-0.25, -0.2) is 0 Å². The van der Waals surface area contributed by atoms with Crippen molar-refractivity contribution in [3.8, 4) is 23.6 Å². The molecule has 27 heavy (non-hydrogen) atoms. The van der Waals surface area contributed by atoms with Crippen molar-refractivity contribution in [3.05, 3.63) is 65.9 Å². The number of nitriles is 2. The smallest absolute Gasteiger partial charge is 0.145 e. The quantitative estimate of drug-likeness (QED) is 0.572. The van der Waals surface area contributed by atoms with Crippen molar-refractivity contribution in [2.75, 3.05) is 26.4 Å². The van der Waals surface area contributed by atoms with E-state index in [0.717, 1.165) is 16.7 Å². The van der Waals surface area contributed by atoms with Crippen molar-refractivity contribution in [1.82, 2.24) is 4.98 Å². The summed E-state index contributed by atoms with van der Waals surface area (Å²) in [4.78, 5) is 4.34. The number of hydrogen-bond donors (Lipinski definition) is 0. The van der Waals surface area contributed by atoms with Crippen LogP contribution in [0, 0.1) is 22.7 Å². The number of nitrogens with zero attached hydrogens (tertiary/aromatic N) is 3. The SMILES string of the molecule is N#Cc1ccc(OCCOCCOc2cccc3cccnc23)cc1C#N. The minimum absolute atomic E-state index is 0.299. The maximum Gasteiger partial charge on any atom is 0.145 e. The topological polar surface area (TPSA) is 88.2 Å². The number of benzene rings is 2. The van der Waals surface area contributed by atoms with Gasteiger partial charge in [-0.1, -0.05) is 18.2 Å². The van der Waals surface area contributed by atoms with E-state index < -0.39 is 0 Å². The van der Waals surface area contributed by atoms with Crippen LogP contribution < -0.4 is 9.47 Å². The Kier molecular flexibility index (Phi) is 6.19. The van der Waals surface area contributed by atoms with Crippen molar-refractivity contribution in [2.45, 2.75) is 0 Å². The van der Waals surface area contributed by atoms with Crippen LogP contribution in [0.15, 0.2) is 54.7 Å². The average molecular weight is 359 g/mol. The molecule has 0 saturated carbocycles. The summed E-state index contributed by atoms with van der Waals surface area (Å²) in [6.45, 7) is 1.56. The summed E-state index contributed by atoms with van der Waals surface area (Å²) in [7, 11) is 0. The van der Waals surface area contributed by atoms with Crippen molar-refractivity contribution in [3.63, 3.8) is 0 Å². The molecule has 0 aliphatic carbocycles. The third-order valence-corrected chi connectivity index (χ3v) is 3.81. The Morgan fingerprint density at radius 3 is 2.41 bits per heavy atom. The molecule has 0 unspecified atom stereocenters. The molecule has 0 fully saturated rings. The zero-order valence-corrected chi connectivity index (χ0v) is 14.6. The minimum atomic E-state index is 0.299. The predicted octanol–water partition coefficient (Wildman–Crippen LogP) is 3.45. The lowest BCUT2D eigenvalue weighted by molar-refractivity contribution is 0.0767. The molecule has 0 atom stereocenters. The number of rotatable bonds is 8. The lowest BCUT2D eigenvalue weighted by Gasteiger charge is -2.10. The minimum Gasteiger partial charge on any atom is -0.491 e. The molecule has 0 radical (unpaired) electrons. The van der Waals surface area contributed by atoms with Crippen LogP contribution in [0.1, 0.15) is 11.1 Å². The highest BCUT2D eigenvalue weighted by atomic mass is 16.5. The molecule has 0 N–H and O–H groups in total. The Labute approximate surface area is 157 Å². The fourth-order valence-electron chi connectivity index (χ4n) is 2.53. The zero-order chi connectivity index (χ0) is 18.9. The molecule has 0 aliphatic rings. The van der Waals surface area contributed by atoms with Crippen LogP contribution in [0.2, 0.25) is 0 Å². The summed E-state index contributed by atoms with van der Waals surface area (Å²) in [5.74, 6) is 1.27. The fourth-order valence-corrected chi connectivity index (χ4v) is 2.53. The van der Waals surface area contributed by atoms with Gasteiger partial charge in [0.2, 0.25) is 0 Å². The standard InChI is InChI=1S/C21H17N3O3/c22-14-17-6-7-19(13-18(17)15-23)26-11-9-25-10-12-27-20-5-1-3-16-4-2-8-24-21(16)20/h1-8,13H,9-12H2. The highest BCUT2D eigenvalue weighted by molar-refractivity contribution is 5.84. The molecule has 0 spiro atoms. The van der Waals surface area contributed by atoms with Crippen LogP contribution in [0.3, 0.4) is 0 Å². The summed E-state index contributed by atoms with van der Waals surface area (Å²) >= 11 is 0. The lowest BCUT2D eigenvalue weighted by Crippen LogP contribution is -2.12. The van der Waals surface area contributed by atoms with Gasteiger partial charge < -0.3 is 14.2 Å². The first-order valence-corrected chi connectivity index (χ1v) is 8.43. The molecular weight excluding hydrogens is 342 g/mol. The molecule has 0 aliphatic heterocycles. The van der Waals surface area contributed by atoms with Gasteiger partial charge in [-0.05, 0) is 30.3 Å². The Morgan fingerprint density at radius 2 is 1.59 bits per heavy atom. The lowest BCUT2D eigenvalue weighted by atomic mass is 10.1. The van der Waals surface area contributed by atoms with E-state index in [0.29, 0.717) is 43.3 Å². The molecule has 6 nitrogen and oxygen atoms in total. The van der Waals surface area contributed by atoms with Crippen LogP contribution in [0.25, 0.3) is 10.9 Å². The van der Waals surface area contributed by atoms with Gasteiger partial charge in [0.05, 0.1) is 24.3 Å². The van der Waals surface area contributed by atoms with Gasteiger partial charge in [-0.2, -0.15) is 10.5 Å². The molecule has 0 bridgehead atoms. The normalized spacial score (nSPS) is 10.1. The Bertz CT molecular complexity index is 1000. The molecule has 2 aromatic carbocycles. The highest BCUT2D eigenvalue weighted by Gasteiger charge is 2.04. The summed E-state index contributed by atoms with van der Waals surface area (Å²) < 4.78 is 16.8. The highest BCUT2D eigenvalue weighted by Crippen LogP contribution is 2.22. The number of para-hydroxylation sites is 1. The van der Waals surface area contributed by atoms with Gasteiger partial charge in [0, 0.05) is 11.6 Å². The molecule has 134 valence electrons. The third-order valence-electron chi connectivity index (χ3n) is 3.81. The molecule has 0 saturated heterocycles. The van der Waals surface area contributed by atoms with Gasteiger partial charge >= 0.3 is 0 Å². The second kappa shape index (κ2) is 9.19. The van der Waals surface area contributed by atoms with Crippen molar-refractivity contribution in [2.24, 2.45) is 0 Å². The van der Waals surface area contributed by atoms with E-state index in [1.807, 2.05) is 42.5 Å². The first-order chi connectivity index (χ1) is 13.3. The maximum absolute atomic E-state index is 9.00. The molecule has 0 amide bonds. The molecule has 3 aromatic rings. The number of hydrogen-bond acceptors (Lipinski definition) is 6.